The van der Waals surface area contributed by atoms with Crippen LogP contribution in [0.15, 0.2) is 47.5 Å². The van der Waals surface area contributed by atoms with E-state index >= 15 is 0 Å². The van der Waals surface area contributed by atoms with Gasteiger partial charge in [-0.05, 0) is 49.4 Å². The summed E-state index contributed by atoms with van der Waals surface area (Å²) in [5.74, 6) is 0.850. The highest BCUT2D eigenvalue weighted by atomic mass is 127. The van der Waals surface area contributed by atoms with Crippen LogP contribution in [-0.4, -0.2) is 55.8 Å². The first kappa shape index (κ1) is 24.2. The third-order valence-corrected chi connectivity index (χ3v) is 5.19. The molecule has 6 nitrogen and oxygen atoms in total. The van der Waals surface area contributed by atoms with Crippen LogP contribution in [0.1, 0.15) is 32.3 Å². The molecule has 0 aliphatic carbocycles. The number of ether oxygens (including phenoxy) is 1. The van der Waals surface area contributed by atoms with E-state index in [9.17, 15) is 4.79 Å². The molecular formula is C23H33IN4O2. The van der Waals surface area contributed by atoms with Crippen molar-refractivity contribution in [1.82, 2.24) is 15.5 Å². The number of benzene rings is 2. The molecule has 1 amide bonds. The van der Waals surface area contributed by atoms with Crippen molar-refractivity contribution in [3.63, 3.8) is 0 Å². The lowest BCUT2D eigenvalue weighted by molar-refractivity contribution is 0.0963. The van der Waals surface area contributed by atoms with Crippen LogP contribution in [0.2, 0.25) is 0 Å². The quantitative estimate of drug-likeness (QED) is 0.338. The molecule has 30 heavy (non-hydrogen) atoms. The number of carbonyl (C=O) groups excluding carboxylic acids is 1. The van der Waals surface area contributed by atoms with Crippen molar-refractivity contribution in [3.8, 4) is 0 Å². The Kier molecular flexibility index (Phi) is 10.2. The Morgan fingerprint density at radius 3 is 2.57 bits per heavy atom. The van der Waals surface area contributed by atoms with Crippen LogP contribution in [-0.2, 0) is 11.2 Å². The SMILES string of the molecule is CCNC(=NCCc1ccc2ccccc2c1)NC1CCN(C(=O)OCC)CC1.I. The fraction of sp³-hybridized carbons (Fsp3) is 0.478. The predicted octanol–water partition coefficient (Wildman–Crippen LogP) is 4.18. The van der Waals surface area contributed by atoms with Crippen LogP contribution in [0.5, 0.6) is 0 Å². The molecule has 7 heteroatoms. The maximum Gasteiger partial charge on any atom is 0.409 e. The number of guanidine groups is 1. The number of hydrogen-bond acceptors (Lipinski definition) is 3. The third kappa shape index (κ3) is 7.04. The van der Waals surface area contributed by atoms with Crippen molar-refractivity contribution >= 4 is 46.8 Å². The van der Waals surface area contributed by atoms with Gasteiger partial charge >= 0.3 is 6.09 Å². The van der Waals surface area contributed by atoms with Gasteiger partial charge in [0.05, 0.1) is 6.61 Å². The number of carbonyl (C=O) groups is 1. The normalized spacial score (nSPS) is 14.9. The lowest BCUT2D eigenvalue weighted by Crippen LogP contribution is -2.50. The Bertz CT molecular complexity index is 835. The standard InChI is InChI=1S/C23H32N4O2.HI/c1-3-24-22(26-21-12-15-27(16-13-21)23(28)29-4-2)25-14-11-18-9-10-19-7-5-6-8-20(19)17-18;/h5-10,17,21H,3-4,11-16H2,1-2H3,(H2,24,25,26);1H. The molecule has 164 valence electrons. The fourth-order valence-corrected chi connectivity index (χ4v) is 3.63. The van der Waals surface area contributed by atoms with Crippen molar-refractivity contribution in [2.45, 2.75) is 39.2 Å². The van der Waals surface area contributed by atoms with E-state index in [1.165, 1.54) is 16.3 Å². The number of nitrogens with one attached hydrogen (secondary N) is 2. The minimum Gasteiger partial charge on any atom is -0.450 e. The van der Waals surface area contributed by atoms with Gasteiger partial charge in [0.2, 0.25) is 0 Å². The van der Waals surface area contributed by atoms with E-state index in [1.807, 2.05) is 6.92 Å². The smallest absolute Gasteiger partial charge is 0.409 e. The van der Waals surface area contributed by atoms with Gasteiger partial charge in [-0.15, -0.1) is 24.0 Å². The molecule has 0 spiro atoms. The predicted molar refractivity (Wildman–Crippen MR) is 134 cm³/mol. The maximum atomic E-state index is 11.8. The summed E-state index contributed by atoms with van der Waals surface area (Å²) in [4.78, 5) is 18.4. The van der Waals surface area contributed by atoms with Crippen molar-refractivity contribution in [3.05, 3.63) is 48.0 Å². The third-order valence-electron chi connectivity index (χ3n) is 5.19. The molecule has 1 aliphatic heterocycles. The van der Waals surface area contributed by atoms with Crippen LogP contribution in [0.4, 0.5) is 4.79 Å². The molecule has 3 rings (SSSR count). The molecule has 0 saturated carbocycles. The number of fused-ring (bicyclic) bond motifs is 1. The monoisotopic (exact) mass is 524 g/mol. The van der Waals surface area contributed by atoms with Gasteiger partial charge in [0.25, 0.3) is 0 Å². The average molecular weight is 524 g/mol. The molecule has 2 N–H and O–H groups in total. The Labute approximate surface area is 196 Å². The van der Waals surface area contributed by atoms with Crippen molar-refractivity contribution in [2.75, 3.05) is 32.8 Å². The number of rotatable bonds is 6. The van der Waals surface area contributed by atoms with Crippen LogP contribution in [0.25, 0.3) is 10.8 Å². The van der Waals surface area contributed by atoms with E-state index in [0.29, 0.717) is 25.7 Å². The van der Waals surface area contributed by atoms with Gasteiger partial charge in [0.1, 0.15) is 0 Å². The Balaban J connectivity index is 0.00000320. The van der Waals surface area contributed by atoms with Gasteiger partial charge in [-0.3, -0.25) is 4.99 Å². The number of likely N-dealkylation sites (tertiary alicyclic amines) is 1. The van der Waals surface area contributed by atoms with E-state index in [1.54, 1.807) is 4.90 Å². The number of hydrogen-bond donors (Lipinski definition) is 2. The molecule has 2 aromatic carbocycles. The number of amides is 1. The average Bonchev–Trinajstić information content (AvgIpc) is 2.74. The van der Waals surface area contributed by atoms with Gasteiger partial charge < -0.3 is 20.3 Å². The summed E-state index contributed by atoms with van der Waals surface area (Å²) in [5.41, 5.74) is 1.30. The molecule has 0 bridgehead atoms. The van der Waals surface area contributed by atoms with Crippen LogP contribution in [0, 0.1) is 0 Å². The molecular weight excluding hydrogens is 491 g/mol. The second-order valence-electron chi connectivity index (χ2n) is 7.30. The van der Waals surface area contributed by atoms with Gasteiger partial charge in [0.15, 0.2) is 5.96 Å². The minimum atomic E-state index is -0.207. The molecule has 1 aliphatic rings. The van der Waals surface area contributed by atoms with E-state index in [2.05, 4.69) is 60.0 Å². The molecule has 1 saturated heterocycles. The molecule has 1 heterocycles. The number of aliphatic imine (C=N–C) groups is 1. The molecule has 1 fully saturated rings. The van der Waals surface area contributed by atoms with Crippen LogP contribution >= 0.6 is 24.0 Å². The summed E-state index contributed by atoms with van der Waals surface area (Å²) in [5, 5.41) is 9.40. The van der Waals surface area contributed by atoms with E-state index < -0.39 is 0 Å². The van der Waals surface area contributed by atoms with Crippen molar-refractivity contribution in [2.24, 2.45) is 4.99 Å². The van der Waals surface area contributed by atoms with Gasteiger partial charge in [0, 0.05) is 32.2 Å². The Morgan fingerprint density at radius 2 is 1.87 bits per heavy atom. The zero-order chi connectivity index (χ0) is 20.5. The van der Waals surface area contributed by atoms with E-state index in [-0.39, 0.29) is 30.1 Å². The zero-order valence-corrected chi connectivity index (χ0v) is 20.2. The lowest BCUT2D eigenvalue weighted by Gasteiger charge is -2.32. The Morgan fingerprint density at radius 1 is 1.13 bits per heavy atom. The van der Waals surface area contributed by atoms with E-state index in [4.69, 9.17) is 9.73 Å². The summed E-state index contributed by atoms with van der Waals surface area (Å²) in [7, 11) is 0. The topological polar surface area (TPSA) is 66.0 Å². The maximum absolute atomic E-state index is 11.8. The summed E-state index contributed by atoms with van der Waals surface area (Å²) >= 11 is 0. The van der Waals surface area contributed by atoms with Gasteiger partial charge in [-0.1, -0.05) is 42.5 Å². The number of halogens is 1. The minimum absolute atomic E-state index is 0. The largest absolute Gasteiger partial charge is 0.450 e. The van der Waals surface area contributed by atoms with E-state index in [0.717, 1.165) is 38.3 Å². The molecule has 0 aromatic heterocycles. The number of piperidine rings is 1. The van der Waals surface area contributed by atoms with Gasteiger partial charge in [-0.2, -0.15) is 0 Å². The lowest BCUT2D eigenvalue weighted by atomic mass is 10.1. The molecule has 0 radical (unpaired) electrons. The summed E-state index contributed by atoms with van der Waals surface area (Å²) in [6.45, 7) is 7.32. The van der Waals surface area contributed by atoms with Crippen LogP contribution < -0.4 is 10.6 Å². The van der Waals surface area contributed by atoms with Crippen LogP contribution in [0.3, 0.4) is 0 Å². The molecule has 0 atom stereocenters. The second kappa shape index (κ2) is 12.6. The first-order valence-corrected chi connectivity index (χ1v) is 10.6. The summed E-state index contributed by atoms with van der Waals surface area (Å²) in [6, 6.07) is 15.4. The molecule has 2 aromatic rings. The number of nitrogens with zero attached hydrogens (tertiary/aromatic N) is 2. The first-order valence-electron chi connectivity index (χ1n) is 10.6. The van der Waals surface area contributed by atoms with Crippen molar-refractivity contribution < 1.29 is 9.53 Å². The summed E-state index contributed by atoms with van der Waals surface area (Å²) in [6.07, 6.45) is 2.49. The highest BCUT2D eigenvalue weighted by Crippen LogP contribution is 2.16. The summed E-state index contributed by atoms with van der Waals surface area (Å²) < 4.78 is 5.09. The zero-order valence-electron chi connectivity index (χ0n) is 17.9. The van der Waals surface area contributed by atoms with Crippen molar-refractivity contribution in [1.29, 1.82) is 0 Å². The second-order valence-corrected chi connectivity index (χ2v) is 7.30. The van der Waals surface area contributed by atoms with Gasteiger partial charge in [-0.25, -0.2) is 4.79 Å². The highest BCUT2D eigenvalue weighted by molar-refractivity contribution is 14.0. The fourth-order valence-electron chi connectivity index (χ4n) is 3.63. The molecule has 0 unspecified atom stereocenters. The Hall–Kier alpha value is -2.03. The first-order chi connectivity index (χ1) is 14.2. The highest BCUT2D eigenvalue weighted by Gasteiger charge is 2.23.